The van der Waals surface area contributed by atoms with Crippen LogP contribution in [-0.2, 0) is 0 Å². The first-order valence-corrected chi connectivity index (χ1v) is 9.75. The SMILES string of the molecule is CCCCCCCCC[N+]1(C)CCCC1.[O-]c1c(F)c(F)c(F)c(F)c1F. The largest absolute Gasteiger partial charge is 0.868 e. The molecule has 0 amide bonds. The number of hydrogen-bond acceptors (Lipinski definition) is 1. The maximum absolute atomic E-state index is 12.1. The van der Waals surface area contributed by atoms with Crippen LogP contribution >= 0.6 is 0 Å². The highest BCUT2D eigenvalue weighted by atomic mass is 19.2. The summed E-state index contributed by atoms with van der Waals surface area (Å²) in [4.78, 5) is 0. The van der Waals surface area contributed by atoms with E-state index in [0.29, 0.717) is 0 Å². The number of benzene rings is 1. The Bertz CT molecular complexity index is 483. The molecule has 1 fully saturated rings. The van der Waals surface area contributed by atoms with Crippen LogP contribution in [0.25, 0.3) is 0 Å². The van der Waals surface area contributed by atoms with Gasteiger partial charge in [0.15, 0.2) is 29.1 Å². The Morgan fingerprint density at radius 3 is 1.59 bits per heavy atom. The lowest BCUT2D eigenvalue weighted by Crippen LogP contribution is -2.41. The van der Waals surface area contributed by atoms with Crippen molar-refractivity contribution in [1.82, 2.24) is 0 Å². The van der Waals surface area contributed by atoms with Crippen LogP contribution in [0.4, 0.5) is 22.0 Å². The minimum absolute atomic E-state index is 1.37. The standard InChI is InChI=1S/C14H30N.C6HF5O/c1-3-4-5-6-7-8-9-12-15(2)13-10-11-14-15;7-1-2(8)4(10)6(12)5(11)3(1)9/h3-14H2,1-2H3;12H/q+1;/p-1. The van der Waals surface area contributed by atoms with E-state index in [0.717, 1.165) is 0 Å². The van der Waals surface area contributed by atoms with Crippen LogP contribution in [0.5, 0.6) is 5.75 Å². The predicted molar refractivity (Wildman–Crippen MR) is 93.7 cm³/mol. The van der Waals surface area contributed by atoms with Crippen LogP contribution in [0.1, 0.15) is 64.7 Å². The van der Waals surface area contributed by atoms with Gasteiger partial charge in [0.05, 0.1) is 26.7 Å². The Morgan fingerprint density at radius 1 is 0.704 bits per heavy atom. The monoisotopic (exact) mass is 395 g/mol. The number of unbranched alkanes of at least 4 members (excludes halogenated alkanes) is 6. The average Bonchev–Trinajstić information content (AvgIpc) is 3.09. The predicted octanol–water partition coefficient (Wildman–Crippen LogP) is 5.43. The summed E-state index contributed by atoms with van der Waals surface area (Å²) in [5, 5.41) is 10.2. The van der Waals surface area contributed by atoms with Gasteiger partial charge < -0.3 is 9.59 Å². The Hall–Kier alpha value is -1.37. The van der Waals surface area contributed by atoms with Crippen molar-refractivity contribution in [1.29, 1.82) is 0 Å². The molecule has 0 bridgehead atoms. The topological polar surface area (TPSA) is 23.1 Å². The Balaban J connectivity index is 0.000000277. The lowest BCUT2D eigenvalue weighted by atomic mass is 10.1. The van der Waals surface area contributed by atoms with Crippen LogP contribution in [0.15, 0.2) is 0 Å². The van der Waals surface area contributed by atoms with E-state index in [9.17, 15) is 27.1 Å². The van der Waals surface area contributed by atoms with E-state index in [1.165, 1.54) is 81.9 Å². The molecular formula is C20H30F5NO. The molecule has 0 radical (unpaired) electrons. The number of likely N-dealkylation sites (tertiary alicyclic amines) is 1. The van der Waals surface area contributed by atoms with Crippen molar-refractivity contribution in [2.24, 2.45) is 0 Å². The first-order chi connectivity index (χ1) is 12.7. The van der Waals surface area contributed by atoms with Crippen LogP contribution in [-0.4, -0.2) is 31.2 Å². The quantitative estimate of drug-likeness (QED) is 0.189. The first kappa shape index (κ1) is 23.7. The molecule has 0 atom stereocenters. The zero-order valence-corrected chi connectivity index (χ0v) is 16.2. The Labute approximate surface area is 158 Å². The van der Waals surface area contributed by atoms with Crippen LogP contribution in [0.2, 0.25) is 0 Å². The molecular weight excluding hydrogens is 365 g/mol. The van der Waals surface area contributed by atoms with E-state index in [2.05, 4.69) is 14.0 Å². The zero-order valence-electron chi connectivity index (χ0n) is 16.2. The summed E-state index contributed by atoms with van der Waals surface area (Å²) in [6.45, 7) is 6.61. The molecule has 0 unspecified atom stereocenters. The van der Waals surface area contributed by atoms with Gasteiger partial charge in [0.2, 0.25) is 0 Å². The van der Waals surface area contributed by atoms with Gasteiger partial charge in [0, 0.05) is 12.8 Å². The van der Waals surface area contributed by atoms with Crippen molar-refractivity contribution < 1.29 is 31.5 Å². The van der Waals surface area contributed by atoms with Crippen molar-refractivity contribution in [3.63, 3.8) is 0 Å². The fourth-order valence-corrected chi connectivity index (χ4v) is 3.36. The maximum Gasteiger partial charge on any atom is 0.200 e. The van der Waals surface area contributed by atoms with Crippen LogP contribution in [0, 0.1) is 29.1 Å². The molecule has 2 rings (SSSR count). The second-order valence-electron chi connectivity index (χ2n) is 7.52. The van der Waals surface area contributed by atoms with E-state index >= 15 is 0 Å². The van der Waals surface area contributed by atoms with Gasteiger partial charge in [-0.15, -0.1) is 0 Å². The van der Waals surface area contributed by atoms with Gasteiger partial charge in [-0.3, -0.25) is 0 Å². The van der Waals surface area contributed by atoms with E-state index in [1.54, 1.807) is 0 Å². The van der Waals surface area contributed by atoms with Crippen molar-refractivity contribution in [3.8, 4) is 5.75 Å². The van der Waals surface area contributed by atoms with Crippen LogP contribution in [0.3, 0.4) is 0 Å². The third-order valence-corrected chi connectivity index (χ3v) is 5.12. The van der Waals surface area contributed by atoms with E-state index in [4.69, 9.17) is 0 Å². The fourth-order valence-electron chi connectivity index (χ4n) is 3.36. The average molecular weight is 395 g/mol. The van der Waals surface area contributed by atoms with Crippen molar-refractivity contribution in [2.45, 2.75) is 64.7 Å². The molecule has 1 saturated heterocycles. The lowest BCUT2D eigenvalue weighted by Gasteiger charge is -2.29. The molecule has 1 aromatic carbocycles. The van der Waals surface area contributed by atoms with Gasteiger partial charge in [-0.05, 0) is 18.6 Å². The summed E-state index contributed by atoms with van der Waals surface area (Å²) in [6, 6.07) is 0. The second-order valence-corrected chi connectivity index (χ2v) is 7.52. The van der Waals surface area contributed by atoms with Gasteiger partial charge in [0.1, 0.15) is 0 Å². The molecule has 0 N–H and O–H groups in total. The second kappa shape index (κ2) is 11.5. The molecule has 1 aliphatic heterocycles. The molecule has 1 aromatic rings. The van der Waals surface area contributed by atoms with Crippen molar-refractivity contribution in [2.75, 3.05) is 26.7 Å². The third-order valence-electron chi connectivity index (χ3n) is 5.12. The van der Waals surface area contributed by atoms with E-state index in [1.807, 2.05) is 0 Å². The number of halogens is 5. The molecule has 7 heteroatoms. The molecule has 0 aliphatic carbocycles. The molecule has 156 valence electrons. The normalized spacial score (nSPS) is 15.5. The Morgan fingerprint density at radius 2 is 1.11 bits per heavy atom. The Kier molecular flexibility index (Phi) is 10.1. The summed E-state index contributed by atoms with van der Waals surface area (Å²) >= 11 is 0. The number of nitrogens with zero attached hydrogens (tertiary/aromatic N) is 1. The lowest BCUT2D eigenvalue weighted by molar-refractivity contribution is -0.897. The van der Waals surface area contributed by atoms with Gasteiger partial charge in [-0.1, -0.05) is 39.0 Å². The number of rotatable bonds is 8. The van der Waals surface area contributed by atoms with E-state index < -0.39 is 34.8 Å². The molecule has 0 saturated carbocycles. The minimum Gasteiger partial charge on any atom is -0.868 e. The third kappa shape index (κ3) is 7.28. The van der Waals surface area contributed by atoms with Gasteiger partial charge in [0.25, 0.3) is 0 Å². The van der Waals surface area contributed by atoms with Crippen molar-refractivity contribution >= 4 is 0 Å². The fraction of sp³-hybridized carbons (Fsp3) is 0.700. The molecule has 1 heterocycles. The highest BCUT2D eigenvalue weighted by Crippen LogP contribution is 2.25. The van der Waals surface area contributed by atoms with Crippen LogP contribution < -0.4 is 5.11 Å². The zero-order chi connectivity index (χ0) is 20.4. The smallest absolute Gasteiger partial charge is 0.200 e. The van der Waals surface area contributed by atoms with Crippen molar-refractivity contribution in [3.05, 3.63) is 29.1 Å². The summed E-state index contributed by atoms with van der Waals surface area (Å²) in [7, 11) is 2.45. The van der Waals surface area contributed by atoms with Gasteiger partial charge in [-0.2, -0.15) is 0 Å². The molecule has 27 heavy (non-hydrogen) atoms. The first-order valence-electron chi connectivity index (χ1n) is 9.75. The highest BCUT2D eigenvalue weighted by Gasteiger charge is 2.25. The highest BCUT2D eigenvalue weighted by molar-refractivity contribution is 5.26. The molecule has 2 nitrogen and oxygen atoms in total. The molecule has 0 spiro atoms. The number of hydrogen-bond donors (Lipinski definition) is 0. The molecule has 0 aromatic heterocycles. The maximum atomic E-state index is 12.1. The summed E-state index contributed by atoms with van der Waals surface area (Å²) in [6.07, 6.45) is 13.1. The van der Waals surface area contributed by atoms with Gasteiger partial charge in [-0.25, -0.2) is 22.0 Å². The van der Waals surface area contributed by atoms with E-state index in [-0.39, 0.29) is 0 Å². The number of quaternary nitrogens is 1. The summed E-state index contributed by atoms with van der Waals surface area (Å²) in [5.41, 5.74) is 0. The minimum atomic E-state index is -2.33. The summed E-state index contributed by atoms with van der Waals surface area (Å²) in [5.74, 6) is -13.6. The van der Waals surface area contributed by atoms with Gasteiger partial charge >= 0.3 is 0 Å². The molecule has 1 aliphatic rings. The summed E-state index contributed by atoms with van der Waals surface area (Å²) < 4.78 is 61.8.